The van der Waals surface area contributed by atoms with Crippen LogP contribution in [0.1, 0.15) is 16.8 Å². The Balaban J connectivity index is 2.03. The summed E-state index contributed by atoms with van der Waals surface area (Å²) < 4.78 is 1.61. The Bertz CT molecular complexity index is 773. The lowest BCUT2D eigenvalue weighted by Crippen LogP contribution is -2.25. The number of anilines is 1. The van der Waals surface area contributed by atoms with E-state index in [2.05, 4.69) is 15.6 Å². The smallest absolute Gasteiger partial charge is 0.239 e. The van der Waals surface area contributed by atoms with Crippen molar-refractivity contribution in [3.05, 3.63) is 41.2 Å². The molecule has 3 N–H and O–H groups in total. The normalized spacial score (nSPS) is 10.6. The van der Waals surface area contributed by atoms with Gasteiger partial charge in [-0.2, -0.15) is 0 Å². The summed E-state index contributed by atoms with van der Waals surface area (Å²) in [6, 6.07) is 5.88. The van der Waals surface area contributed by atoms with Crippen LogP contribution in [-0.4, -0.2) is 39.3 Å². The molecule has 0 unspecified atom stereocenters. The maximum Gasteiger partial charge on any atom is 0.239 e. The Morgan fingerprint density at radius 1 is 1.28 bits per heavy atom. The molecule has 0 fully saturated rings. The number of nitrogens with zero attached hydrogens (tertiary/aromatic N) is 2. The first-order valence-electron chi connectivity index (χ1n) is 7.80. The molecule has 0 spiro atoms. The van der Waals surface area contributed by atoms with Gasteiger partial charge in [-0.25, -0.2) is 4.98 Å². The number of aliphatic hydroxyl groups is 1. The predicted molar refractivity (Wildman–Crippen MR) is 97.5 cm³/mol. The molecule has 2 aromatic rings. The van der Waals surface area contributed by atoms with E-state index in [1.165, 1.54) is 18.0 Å². The molecule has 1 aromatic heterocycles. The van der Waals surface area contributed by atoms with Crippen LogP contribution < -0.4 is 10.6 Å². The lowest BCUT2D eigenvalue weighted by Gasteiger charge is -2.11. The average Bonchev–Trinajstić information content (AvgIpc) is 2.97. The van der Waals surface area contributed by atoms with Gasteiger partial charge in [-0.15, -0.1) is 0 Å². The molecule has 8 heteroatoms. The Hall–Kier alpha value is -2.32. The zero-order chi connectivity index (χ0) is 18.4. The molecule has 0 aliphatic heterocycles. The van der Waals surface area contributed by atoms with E-state index in [1.807, 2.05) is 32.0 Å². The van der Waals surface area contributed by atoms with E-state index >= 15 is 0 Å². The Morgan fingerprint density at radius 2 is 2.04 bits per heavy atom. The second kappa shape index (κ2) is 8.68. The van der Waals surface area contributed by atoms with Crippen LogP contribution in [0.4, 0.5) is 5.69 Å². The van der Waals surface area contributed by atoms with E-state index in [-0.39, 0.29) is 30.7 Å². The highest BCUT2D eigenvalue weighted by Crippen LogP contribution is 2.21. The molecule has 134 valence electrons. The number of nitrogens with one attached hydrogen (secondary N) is 2. The number of aromatic nitrogens is 2. The zero-order valence-electron chi connectivity index (χ0n) is 14.5. The molecule has 2 rings (SSSR count). The van der Waals surface area contributed by atoms with Crippen molar-refractivity contribution >= 4 is 29.3 Å². The van der Waals surface area contributed by atoms with Crippen LogP contribution in [0.2, 0.25) is 0 Å². The molecule has 0 atom stereocenters. The van der Waals surface area contributed by atoms with Gasteiger partial charge in [0.25, 0.3) is 0 Å². The van der Waals surface area contributed by atoms with Crippen LogP contribution in [0.3, 0.4) is 0 Å². The topological polar surface area (TPSA) is 96.2 Å². The molecular formula is C17H22N4O3S. The van der Waals surface area contributed by atoms with Gasteiger partial charge in [0.05, 0.1) is 24.3 Å². The SMILES string of the molecule is CNC(=O)Cn1c(CO)cnc1SCC(=O)Nc1cc(C)ccc1C. The summed E-state index contributed by atoms with van der Waals surface area (Å²) in [7, 11) is 1.54. The third kappa shape index (κ3) is 5.07. The number of carbonyl (C=O) groups is 2. The van der Waals surface area contributed by atoms with E-state index in [4.69, 9.17) is 0 Å². The summed E-state index contributed by atoms with van der Waals surface area (Å²) in [5, 5.41) is 15.3. The molecule has 1 heterocycles. The van der Waals surface area contributed by atoms with Crippen LogP contribution in [-0.2, 0) is 22.7 Å². The standard InChI is InChI=1S/C17H22N4O3S/c1-11-4-5-12(2)14(6-11)20-16(24)10-25-17-19-7-13(9-22)21(17)8-15(23)18-3/h4-7,22H,8-10H2,1-3H3,(H,18,23)(H,20,24). The summed E-state index contributed by atoms with van der Waals surface area (Å²) in [5.74, 6) is -0.198. The number of aryl methyl sites for hydroxylation is 2. The number of rotatable bonds is 7. The highest BCUT2D eigenvalue weighted by atomic mass is 32.2. The number of likely N-dealkylation sites (N-methyl/N-ethyl adjacent to an activating group) is 1. The number of carbonyl (C=O) groups excluding carboxylic acids is 2. The Kier molecular flexibility index (Phi) is 6.60. The number of hydrogen-bond donors (Lipinski definition) is 3. The summed E-state index contributed by atoms with van der Waals surface area (Å²) in [6.07, 6.45) is 1.51. The molecule has 25 heavy (non-hydrogen) atoms. The maximum absolute atomic E-state index is 12.2. The van der Waals surface area contributed by atoms with Crippen LogP contribution >= 0.6 is 11.8 Å². The molecule has 0 aliphatic carbocycles. The first-order valence-corrected chi connectivity index (χ1v) is 8.79. The minimum Gasteiger partial charge on any atom is -0.390 e. The number of benzene rings is 1. The van der Waals surface area contributed by atoms with Crippen molar-refractivity contribution < 1.29 is 14.7 Å². The van der Waals surface area contributed by atoms with Crippen molar-refractivity contribution in [3.8, 4) is 0 Å². The number of amides is 2. The molecular weight excluding hydrogens is 340 g/mol. The fraction of sp³-hybridized carbons (Fsp3) is 0.353. The van der Waals surface area contributed by atoms with Gasteiger partial charge in [-0.1, -0.05) is 23.9 Å². The number of imidazole rings is 1. The quantitative estimate of drug-likeness (QED) is 0.648. The molecule has 0 bridgehead atoms. The van der Waals surface area contributed by atoms with Gasteiger partial charge in [0.2, 0.25) is 11.8 Å². The van der Waals surface area contributed by atoms with E-state index in [1.54, 1.807) is 11.6 Å². The minimum atomic E-state index is -0.223. The first kappa shape index (κ1) is 19.0. The fourth-order valence-electron chi connectivity index (χ4n) is 2.21. The van der Waals surface area contributed by atoms with E-state index < -0.39 is 0 Å². The van der Waals surface area contributed by atoms with E-state index in [9.17, 15) is 14.7 Å². The molecule has 0 saturated carbocycles. The summed E-state index contributed by atoms with van der Waals surface area (Å²) in [5.41, 5.74) is 3.38. The van der Waals surface area contributed by atoms with Crippen molar-refractivity contribution in [2.75, 3.05) is 18.1 Å². The van der Waals surface area contributed by atoms with Crippen molar-refractivity contribution in [3.63, 3.8) is 0 Å². The maximum atomic E-state index is 12.2. The van der Waals surface area contributed by atoms with Gasteiger partial charge < -0.3 is 20.3 Å². The zero-order valence-corrected chi connectivity index (χ0v) is 15.3. The predicted octanol–water partition coefficient (Wildman–Crippen LogP) is 1.47. The van der Waals surface area contributed by atoms with Crippen molar-refractivity contribution in [2.24, 2.45) is 0 Å². The highest BCUT2D eigenvalue weighted by Gasteiger charge is 2.14. The van der Waals surface area contributed by atoms with Crippen molar-refractivity contribution in [2.45, 2.75) is 32.2 Å². The molecule has 0 aliphatic rings. The molecule has 2 amide bonds. The molecule has 1 aromatic carbocycles. The van der Waals surface area contributed by atoms with Gasteiger partial charge >= 0.3 is 0 Å². The van der Waals surface area contributed by atoms with Crippen LogP contribution in [0, 0.1) is 13.8 Å². The number of hydrogen-bond acceptors (Lipinski definition) is 5. The monoisotopic (exact) mass is 362 g/mol. The third-order valence-corrected chi connectivity index (χ3v) is 4.63. The first-order chi connectivity index (χ1) is 11.9. The van der Waals surface area contributed by atoms with Gasteiger partial charge in [-0.3, -0.25) is 9.59 Å². The van der Waals surface area contributed by atoms with E-state index in [0.29, 0.717) is 10.9 Å². The lowest BCUT2D eigenvalue weighted by atomic mass is 10.1. The lowest BCUT2D eigenvalue weighted by molar-refractivity contribution is -0.121. The minimum absolute atomic E-state index is 0.0489. The second-order valence-electron chi connectivity index (χ2n) is 5.60. The largest absolute Gasteiger partial charge is 0.390 e. The van der Waals surface area contributed by atoms with Crippen molar-refractivity contribution in [1.82, 2.24) is 14.9 Å². The Labute approximate surface area is 150 Å². The highest BCUT2D eigenvalue weighted by molar-refractivity contribution is 7.99. The van der Waals surface area contributed by atoms with Gasteiger partial charge in [-0.05, 0) is 31.0 Å². The molecule has 0 radical (unpaired) electrons. The Morgan fingerprint density at radius 3 is 2.72 bits per heavy atom. The molecule has 7 nitrogen and oxygen atoms in total. The van der Waals surface area contributed by atoms with Gasteiger partial charge in [0.1, 0.15) is 6.54 Å². The number of aliphatic hydroxyl groups excluding tert-OH is 1. The fourth-order valence-corrected chi connectivity index (χ4v) is 3.01. The van der Waals surface area contributed by atoms with Gasteiger partial charge in [0.15, 0.2) is 5.16 Å². The summed E-state index contributed by atoms with van der Waals surface area (Å²) in [6.45, 7) is 3.73. The van der Waals surface area contributed by atoms with Crippen LogP contribution in [0.5, 0.6) is 0 Å². The summed E-state index contributed by atoms with van der Waals surface area (Å²) >= 11 is 1.22. The third-order valence-electron chi connectivity index (χ3n) is 3.64. The molecule has 0 saturated heterocycles. The second-order valence-corrected chi connectivity index (χ2v) is 6.55. The summed E-state index contributed by atoms with van der Waals surface area (Å²) in [4.78, 5) is 28.0. The van der Waals surface area contributed by atoms with E-state index in [0.717, 1.165) is 16.8 Å². The average molecular weight is 362 g/mol. The van der Waals surface area contributed by atoms with Crippen molar-refractivity contribution in [1.29, 1.82) is 0 Å². The number of thioether (sulfide) groups is 1. The van der Waals surface area contributed by atoms with Gasteiger partial charge in [0, 0.05) is 12.7 Å². The van der Waals surface area contributed by atoms with Crippen LogP contribution in [0.25, 0.3) is 0 Å². The van der Waals surface area contributed by atoms with Crippen LogP contribution in [0.15, 0.2) is 29.6 Å².